The van der Waals surface area contributed by atoms with E-state index in [4.69, 9.17) is 4.74 Å². The molecule has 1 saturated heterocycles. The third kappa shape index (κ3) is 4.75. The van der Waals surface area contributed by atoms with Gasteiger partial charge in [-0.15, -0.1) is 0 Å². The van der Waals surface area contributed by atoms with Crippen LogP contribution in [0.5, 0.6) is 5.75 Å². The summed E-state index contributed by atoms with van der Waals surface area (Å²) in [5.74, 6) is -0.995. The third-order valence-electron chi connectivity index (χ3n) is 5.28. The summed E-state index contributed by atoms with van der Waals surface area (Å²) in [6.07, 6.45) is -4.72. The fourth-order valence-corrected chi connectivity index (χ4v) is 3.61. The van der Waals surface area contributed by atoms with E-state index in [9.17, 15) is 18.0 Å². The molecule has 2 aromatic carbocycles. The largest absolute Gasteiger partial charge is 0.496 e. The van der Waals surface area contributed by atoms with Gasteiger partial charge < -0.3 is 14.2 Å². The van der Waals surface area contributed by atoms with Gasteiger partial charge in [-0.05, 0) is 18.2 Å². The maximum absolute atomic E-state index is 13.0. The Morgan fingerprint density at radius 3 is 2.53 bits per heavy atom. The minimum Gasteiger partial charge on any atom is -0.496 e. The topological polar surface area (TPSA) is 71.7 Å². The van der Waals surface area contributed by atoms with Crippen LogP contribution in [0.4, 0.5) is 13.2 Å². The fourth-order valence-electron chi connectivity index (χ4n) is 3.61. The van der Waals surface area contributed by atoms with Crippen LogP contribution in [-0.4, -0.2) is 59.1 Å². The van der Waals surface area contributed by atoms with Gasteiger partial charge in [0.1, 0.15) is 5.75 Å². The fraction of sp³-hybridized carbons (Fsp3) is 0.318. The van der Waals surface area contributed by atoms with Crippen molar-refractivity contribution in [2.24, 2.45) is 0 Å². The second kappa shape index (κ2) is 8.99. The molecule has 1 aliphatic rings. The summed E-state index contributed by atoms with van der Waals surface area (Å²) < 4.78 is 47.8. The maximum Gasteiger partial charge on any atom is 0.471 e. The second-order valence-electron chi connectivity index (χ2n) is 7.38. The standard InChI is InChI=1S/C22H21F3N4O3/c1-31-18-8-3-2-5-17(18)14-28-9-11-29(12-10-28)20(30)16-7-4-6-15(13-16)19-26-21(32-27-19)22(23,24)25/h2-8,13H,9-12,14H2,1H3. The summed E-state index contributed by atoms with van der Waals surface area (Å²) in [5, 5.41) is 3.38. The van der Waals surface area contributed by atoms with Gasteiger partial charge in [0.15, 0.2) is 0 Å². The van der Waals surface area contributed by atoms with Crippen LogP contribution in [0.2, 0.25) is 0 Å². The number of alkyl halides is 3. The lowest BCUT2D eigenvalue weighted by Gasteiger charge is -2.35. The quantitative estimate of drug-likeness (QED) is 0.595. The lowest BCUT2D eigenvalue weighted by molar-refractivity contribution is -0.159. The van der Waals surface area contributed by atoms with Crippen molar-refractivity contribution in [3.05, 3.63) is 65.5 Å². The van der Waals surface area contributed by atoms with Gasteiger partial charge in [0.2, 0.25) is 5.82 Å². The molecule has 0 saturated carbocycles. The van der Waals surface area contributed by atoms with Crippen molar-refractivity contribution >= 4 is 5.91 Å². The Morgan fingerprint density at radius 2 is 1.84 bits per heavy atom. The number of ether oxygens (including phenoxy) is 1. The first-order valence-corrected chi connectivity index (χ1v) is 10.00. The molecule has 0 radical (unpaired) electrons. The molecule has 0 aliphatic carbocycles. The van der Waals surface area contributed by atoms with Crippen LogP contribution >= 0.6 is 0 Å². The number of halogens is 3. The van der Waals surface area contributed by atoms with E-state index in [1.165, 1.54) is 12.1 Å². The van der Waals surface area contributed by atoms with E-state index in [0.29, 0.717) is 31.7 Å². The van der Waals surface area contributed by atoms with Gasteiger partial charge in [0.25, 0.3) is 5.91 Å². The molecule has 1 fully saturated rings. The number of methoxy groups -OCH3 is 1. The van der Waals surface area contributed by atoms with Crippen LogP contribution in [0, 0.1) is 0 Å². The highest BCUT2D eigenvalue weighted by Gasteiger charge is 2.38. The van der Waals surface area contributed by atoms with Crippen LogP contribution < -0.4 is 4.74 Å². The molecule has 0 unspecified atom stereocenters. The Balaban J connectivity index is 1.40. The molecule has 0 spiro atoms. The predicted molar refractivity (Wildman–Crippen MR) is 109 cm³/mol. The van der Waals surface area contributed by atoms with Gasteiger partial charge in [-0.3, -0.25) is 9.69 Å². The molecule has 0 bridgehead atoms. The first kappa shape index (κ1) is 21.8. The van der Waals surface area contributed by atoms with E-state index in [0.717, 1.165) is 17.9 Å². The number of para-hydroxylation sites is 1. The van der Waals surface area contributed by atoms with Gasteiger partial charge in [-0.2, -0.15) is 18.2 Å². The van der Waals surface area contributed by atoms with E-state index in [1.807, 2.05) is 24.3 Å². The molecule has 1 aliphatic heterocycles. The number of benzene rings is 2. The molecule has 0 N–H and O–H groups in total. The summed E-state index contributed by atoms with van der Waals surface area (Å²) in [6.45, 7) is 3.20. The molecule has 4 rings (SSSR count). The number of rotatable bonds is 5. The normalized spacial score (nSPS) is 15.1. The van der Waals surface area contributed by atoms with Crippen molar-refractivity contribution in [2.45, 2.75) is 12.7 Å². The Labute approximate surface area is 182 Å². The number of hydrogen-bond acceptors (Lipinski definition) is 6. The van der Waals surface area contributed by atoms with Gasteiger partial charge in [0.05, 0.1) is 7.11 Å². The molecule has 10 heteroatoms. The van der Waals surface area contributed by atoms with Crippen LogP contribution in [0.3, 0.4) is 0 Å². The Morgan fingerprint density at radius 1 is 1.09 bits per heavy atom. The average molecular weight is 446 g/mol. The van der Waals surface area contributed by atoms with E-state index < -0.39 is 12.1 Å². The molecule has 2 heterocycles. The monoisotopic (exact) mass is 446 g/mol. The number of carbonyl (C=O) groups is 1. The summed E-state index contributed by atoms with van der Waals surface area (Å²) in [7, 11) is 1.64. The van der Waals surface area contributed by atoms with Crippen molar-refractivity contribution in [3.63, 3.8) is 0 Å². The highest BCUT2D eigenvalue weighted by Crippen LogP contribution is 2.29. The smallest absolute Gasteiger partial charge is 0.471 e. The molecule has 0 atom stereocenters. The molecule has 3 aromatic rings. The van der Waals surface area contributed by atoms with Crippen molar-refractivity contribution in [1.29, 1.82) is 0 Å². The minimum atomic E-state index is -4.72. The van der Waals surface area contributed by atoms with E-state index in [2.05, 4.69) is 19.6 Å². The van der Waals surface area contributed by atoms with Gasteiger partial charge in [-0.25, -0.2) is 0 Å². The number of aromatic nitrogens is 2. The van der Waals surface area contributed by atoms with E-state index in [-0.39, 0.29) is 17.3 Å². The van der Waals surface area contributed by atoms with Crippen molar-refractivity contribution in [3.8, 4) is 17.1 Å². The lowest BCUT2D eigenvalue weighted by atomic mass is 10.1. The summed E-state index contributed by atoms with van der Waals surface area (Å²) in [4.78, 5) is 20.3. The van der Waals surface area contributed by atoms with Gasteiger partial charge in [0, 0.05) is 49.4 Å². The SMILES string of the molecule is COc1ccccc1CN1CCN(C(=O)c2cccc(-c3noc(C(F)(F)F)n3)c2)CC1. The minimum absolute atomic E-state index is 0.191. The van der Waals surface area contributed by atoms with Crippen LogP contribution in [0.25, 0.3) is 11.4 Å². The summed E-state index contributed by atoms with van der Waals surface area (Å²) >= 11 is 0. The number of nitrogens with zero attached hydrogens (tertiary/aromatic N) is 4. The molecule has 1 aromatic heterocycles. The molecule has 168 valence electrons. The van der Waals surface area contributed by atoms with Crippen LogP contribution in [-0.2, 0) is 12.7 Å². The van der Waals surface area contributed by atoms with Crippen molar-refractivity contribution < 1.29 is 27.2 Å². The van der Waals surface area contributed by atoms with Crippen molar-refractivity contribution in [1.82, 2.24) is 19.9 Å². The second-order valence-corrected chi connectivity index (χ2v) is 7.38. The van der Waals surface area contributed by atoms with E-state index in [1.54, 1.807) is 24.1 Å². The zero-order valence-corrected chi connectivity index (χ0v) is 17.3. The number of carbonyl (C=O) groups excluding carboxylic acids is 1. The Kier molecular flexibility index (Phi) is 6.13. The average Bonchev–Trinajstić information content (AvgIpc) is 3.31. The lowest BCUT2D eigenvalue weighted by Crippen LogP contribution is -2.48. The Hall–Kier alpha value is -3.40. The highest BCUT2D eigenvalue weighted by molar-refractivity contribution is 5.95. The first-order valence-electron chi connectivity index (χ1n) is 10.00. The molecule has 7 nitrogen and oxygen atoms in total. The molecule has 32 heavy (non-hydrogen) atoms. The summed E-state index contributed by atoms with van der Waals surface area (Å²) in [5.41, 5.74) is 1.73. The number of hydrogen-bond donors (Lipinski definition) is 0. The van der Waals surface area contributed by atoms with E-state index >= 15 is 0 Å². The maximum atomic E-state index is 13.0. The number of piperazine rings is 1. The molecular weight excluding hydrogens is 425 g/mol. The van der Waals surface area contributed by atoms with Crippen LogP contribution in [0.1, 0.15) is 21.8 Å². The summed E-state index contributed by atoms with van der Waals surface area (Å²) in [6, 6.07) is 14.1. The highest BCUT2D eigenvalue weighted by atomic mass is 19.4. The first-order chi connectivity index (χ1) is 15.3. The zero-order valence-electron chi connectivity index (χ0n) is 17.3. The molecular formula is C22H21F3N4O3. The van der Waals surface area contributed by atoms with Gasteiger partial charge in [-0.1, -0.05) is 35.5 Å². The Bertz CT molecular complexity index is 1090. The molecule has 1 amide bonds. The predicted octanol–water partition coefficient (Wildman–Crippen LogP) is 3.72. The number of amides is 1. The third-order valence-corrected chi connectivity index (χ3v) is 5.28. The van der Waals surface area contributed by atoms with Crippen LogP contribution in [0.15, 0.2) is 53.1 Å². The van der Waals surface area contributed by atoms with Crippen molar-refractivity contribution in [2.75, 3.05) is 33.3 Å². The zero-order chi connectivity index (χ0) is 22.7. The van der Waals surface area contributed by atoms with Gasteiger partial charge >= 0.3 is 12.1 Å².